The standard InChI is InChI=1S/C47H51BrF2N11O6P/c1-57-26-28(24-52-57)30-21-36(54-47-51-25-33(48)43(56-47)53-35-6-5-29(49)19-41(35)68(3,4)66)40(67-2)23-38(30)60-17-15-58(16-18-60)12-9-27-10-13-59(14-11-27)39-22-32-31(20-34(39)50)45(64)61(46(32)65)37-7-8-42(62)55-44(37)63/h5-6,19-27,37H,7-18H2,1-4H3,(H,55,62,63)(H2,51,53,54,56). The Morgan fingerprint density at radius 3 is 2.25 bits per heavy atom. The Balaban J connectivity index is 0.830. The van der Waals surface area contributed by atoms with E-state index in [4.69, 9.17) is 9.72 Å². The number of anilines is 6. The van der Waals surface area contributed by atoms with Crippen molar-refractivity contribution in [2.45, 2.75) is 38.1 Å². The van der Waals surface area contributed by atoms with Crippen LogP contribution in [0, 0.1) is 17.6 Å². The molecule has 3 aromatic carbocycles. The van der Waals surface area contributed by atoms with E-state index < -0.39 is 48.4 Å². The molecule has 21 heteroatoms. The third-order valence-corrected chi connectivity index (χ3v) is 15.3. The summed E-state index contributed by atoms with van der Waals surface area (Å²) < 4.78 is 51.1. The maximum atomic E-state index is 15.6. The van der Waals surface area contributed by atoms with Gasteiger partial charge in [0.15, 0.2) is 0 Å². The van der Waals surface area contributed by atoms with Crippen molar-refractivity contribution in [2.24, 2.45) is 13.0 Å². The summed E-state index contributed by atoms with van der Waals surface area (Å²) in [4.78, 5) is 67.6. The van der Waals surface area contributed by atoms with Gasteiger partial charge in [-0.05, 0) is 104 Å². The quantitative estimate of drug-likeness (QED) is 0.0858. The van der Waals surface area contributed by atoms with Crippen LogP contribution >= 0.6 is 23.1 Å². The van der Waals surface area contributed by atoms with Crippen molar-refractivity contribution in [2.75, 3.05) is 86.7 Å². The Kier molecular flexibility index (Phi) is 13.1. The van der Waals surface area contributed by atoms with E-state index in [-0.39, 0.29) is 35.6 Å². The van der Waals surface area contributed by atoms with Crippen LogP contribution in [0.5, 0.6) is 5.75 Å². The summed E-state index contributed by atoms with van der Waals surface area (Å²) in [5.41, 5.74) is 4.22. The molecule has 4 aliphatic rings. The van der Waals surface area contributed by atoms with Crippen molar-refractivity contribution < 1.29 is 37.3 Å². The monoisotopic (exact) mass is 1010 g/mol. The van der Waals surface area contributed by atoms with Gasteiger partial charge in [0.05, 0.1) is 46.0 Å². The lowest BCUT2D eigenvalue weighted by Gasteiger charge is -2.39. The van der Waals surface area contributed by atoms with Crippen molar-refractivity contribution in [3.63, 3.8) is 0 Å². The minimum atomic E-state index is -2.84. The Morgan fingerprint density at radius 2 is 1.57 bits per heavy atom. The first kappa shape index (κ1) is 46.9. The van der Waals surface area contributed by atoms with Crippen LogP contribution in [0.25, 0.3) is 11.1 Å². The molecule has 0 spiro atoms. The molecular formula is C47H51BrF2N11O6P. The number of benzene rings is 3. The molecule has 17 nitrogen and oxygen atoms in total. The second-order valence-electron chi connectivity index (χ2n) is 18.0. The number of carbonyl (C=O) groups excluding carboxylic acids is 4. The summed E-state index contributed by atoms with van der Waals surface area (Å²) in [7, 11) is 0.640. The Hall–Kier alpha value is -6.24. The fourth-order valence-electron chi connectivity index (χ4n) is 9.47. The van der Waals surface area contributed by atoms with Crippen LogP contribution in [0.4, 0.5) is 43.3 Å². The maximum Gasteiger partial charge on any atom is 0.262 e. The van der Waals surface area contributed by atoms with Gasteiger partial charge in [-0.3, -0.25) is 39.0 Å². The molecule has 1 unspecified atom stereocenters. The van der Waals surface area contributed by atoms with Gasteiger partial charge in [0.2, 0.25) is 17.8 Å². The van der Waals surface area contributed by atoms with E-state index in [9.17, 15) is 28.1 Å². The van der Waals surface area contributed by atoms with Gasteiger partial charge in [0.1, 0.15) is 36.4 Å². The number of imide groups is 2. The number of fused-ring (bicyclic) bond motifs is 1. The fraction of sp³-hybridized carbons (Fsp3) is 0.383. The van der Waals surface area contributed by atoms with Crippen molar-refractivity contribution >= 4 is 86.5 Å². The first-order valence-corrected chi connectivity index (χ1v) is 25.8. The molecule has 0 aliphatic carbocycles. The summed E-state index contributed by atoms with van der Waals surface area (Å²) >= 11 is 3.51. The number of aromatic nitrogens is 4. The molecule has 0 saturated carbocycles. The Bertz CT molecular complexity index is 2880. The van der Waals surface area contributed by atoms with Crippen LogP contribution in [0.1, 0.15) is 52.8 Å². The molecule has 3 fully saturated rings. The highest BCUT2D eigenvalue weighted by atomic mass is 79.9. The summed E-state index contributed by atoms with van der Waals surface area (Å²) in [6, 6.07) is 9.58. The van der Waals surface area contributed by atoms with E-state index in [0.717, 1.165) is 79.8 Å². The van der Waals surface area contributed by atoms with Gasteiger partial charge in [-0.2, -0.15) is 10.1 Å². The van der Waals surface area contributed by atoms with Crippen molar-refractivity contribution in [3.05, 3.63) is 88.3 Å². The zero-order valence-corrected chi connectivity index (χ0v) is 40.5. The molecule has 68 heavy (non-hydrogen) atoms. The normalized spacial score (nSPS) is 18.3. The zero-order valence-electron chi connectivity index (χ0n) is 38.0. The van der Waals surface area contributed by atoms with Crippen molar-refractivity contribution in [1.29, 1.82) is 0 Å². The van der Waals surface area contributed by atoms with Gasteiger partial charge in [-0.1, -0.05) is 0 Å². The summed E-state index contributed by atoms with van der Waals surface area (Å²) in [5, 5.41) is 13.6. The van der Waals surface area contributed by atoms with E-state index in [2.05, 4.69) is 51.8 Å². The summed E-state index contributed by atoms with van der Waals surface area (Å²) in [6.45, 7) is 8.54. The molecule has 1 atom stereocenters. The molecule has 4 aliphatic heterocycles. The zero-order chi connectivity index (χ0) is 48.0. The number of carbonyl (C=O) groups is 4. The van der Waals surface area contributed by atoms with E-state index in [1.807, 2.05) is 36.5 Å². The maximum absolute atomic E-state index is 15.6. The fourth-order valence-corrected chi connectivity index (χ4v) is 10.9. The molecule has 5 aromatic rings. The number of halogens is 3. The SMILES string of the molecule is COc1cc(N2CCN(CCC3CCN(c4cc5c(cc4F)C(=O)N(C4CCC(=O)NC4=O)C5=O)CC3)CC2)c(-c2cnn(C)c2)cc1Nc1ncc(Br)c(Nc2ccc(F)cc2P(C)(C)=O)n1. The lowest BCUT2D eigenvalue weighted by Crippen LogP contribution is -2.54. The van der Waals surface area contributed by atoms with E-state index >= 15 is 4.39 Å². The Morgan fingerprint density at radius 1 is 0.853 bits per heavy atom. The largest absolute Gasteiger partial charge is 0.494 e. The highest BCUT2D eigenvalue weighted by Gasteiger charge is 2.45. The van der Waals surface area contributed by atoms with Gasteiger partial charge < -0.3 is 29.7 Å². The molecule has 4 amide bonds. The lowest BCUT2D eigenvalue weighted by atomic mass is 9.92. The number of rotatable bonds is 13. The molecule has 0 bridgehead atoms. The summed E-state index contributed by atoms with van der Waals surface area (Å²) in [6.07, 6.45) is 8.11. The van der Waals surface area contributed by atoms with Crippen LogP contribution in [0.3, 0.4) is 0 Å². The highest BCUT2D eigenvalue weighted by molar-refractivity contribution is 9.10. The van der Waals surface area contributed by atoms with Crippen LogP contribution < -0.4 is 35.8 Å². The van der Waals surface area contributed by atoms with Gasteiger partial charge in [0, 0.05) is 93.3 Å². The van der Waals surface area contributed by atoms with Crippen LogP contribution in [-0.4, -0.2) is 125 Å². The number of piperazine rings is 1. The number of methoxy groups -OCH3 is 1. The third-order valence-electron chi connectivity index (χ3n) is 13.1. The molecule has 2 aromatic heterocycles. The summed E-state index contributed by atoms with van der Waals surface area (Å²) in [5.74, 6) is -1.94. The molecule has 9 rings (SSSR count). The van der Waals surface area contributed by atoms with E-state index in [1.165, 1.54) is 18.2 Å². The van der Waals surface area contributed by atoms with Crippen LogP contribution in [0.2, 0.25) is 0 Å². The lowest BCUT2D eigenvalue weighted by molar-refractivity contribution is -0.136. The highest BCUT2D eigenvalue weighted by Crippen LogP contribution is 2.42. The van der Waals surface area contributed by atoms with Crippen LogP contribution in [-0.2, 0) is 21.2 Å². The molecule has 356 valence electrons. The average Bonchev–Trinajstić information content (AvgIpc) is 3.85. The number of aryl methyl sites for hydroxylation is 1. The third kappa shape index (κ3) is 9.58. The number of nitrogens with one attached hydrogen (secondary N) is 3. The number of ether oxygens (including phenoxy) is 1. The van der Waals surface area contributed by atoms with E-state index in [0.29, 0.717) is 51.7 Å². The molecule has 3 saturated heterocycles. The van der Waals surface area contributed by atoms with Gasteiger partial charge in [-0.15, -0.1) is 0 Å². The number of amides is 4. The first-order valence-electron chi connectivity index (χ1n) is 22.4. The minimum absolute atomic E-state index is 0.00823. The molecule has 3 N–H and O–H groups in total. The first-order chi connectivity index (χ1) is 32.5. The average molecular weight is 1010 g/mol. The van der Waals surface area contributed by atoms with Crippen LogP contribution in [0.15, 0.2) is 65.5 Å². The van der Waals surface area contributed by atoms with Gasteiger partial charge >= 0.3 is 0 Å². The van der Waals surface area contributed by atoms with Gasteiger partial charge in [-0.25, -0.2) is 13.8 Å². The molecule has 6 heterocycles. The predicted molar refractivity (Wildman–Crippen MR) is 258 cm³/mol. The van der Waals surface area contributed by atoms with E-state index in [1.54, 1.807) is 37.4 Å². The van der Waals surface area contributed by atoms with Gasteiger partial charge in [0.25, 0.3) is 11.8 Å². The predicted octanol–water partition coefficient (Wildman–Crippen LogP) is 6.49. The number of nitrogens with zero attached hydrogens (tertiary/aromatic N) is 8. The minimum Gasteiger partial charge on any atom is -0.494 e. The number of piperidine rings is 2. The number of hydrogen-bond acceptors (Lipinski definition) is 14. The van der Waals surface area contributed by atoms with Crippen molar-refractivity contribution in [3.8, 4) is 16.9 Å². The smallest absolute Gasteiger partial charge is 0.262 e. The topological polar surface area (TPSA) is 187 Å². The van der Waals surface area contributed by atoms with Crippen molar-refractivity contribution in [1.82, 2.24) is 34.9 Å². The Labute approximate surface area is 400 Å². The second-order valence-corrected chi connectivity index (χ2v) is 22.0. The molecular weight excluding hydrogens is 963 g/mol. The molecule has 0 radical (unpaired) electrons. The second kappa shape index (κ2) is 19.0. The number of hydrogen-bond donors (Lipinski definition) is 3.